The van der Waals surface area contributed by atoms with Gasteiger partial charge in [0, 0.05) is 30.6 Å². The van der Waals surface area contributed by atoms with E-state index in [-0.39, 0.29) is 35.9 Å². The van der Waals surface area contributed by atoms with Crippen LogP contribution in [0.3, 0.4) is 0 Å². The fraction of sp³-hybridized carbons (Fsp3) is 0.500. The zero-order valence-corrected chi connectivity index (χ0v) is 17.5. The first-order valence-electron chi connectivity index (χ1n) is 9.50. The molecule has 1 aromatic heterocycles. The predicted octanol–water partition coefficient (Wildman–Crippen LogP) is 0.592. The van der Waals surface area contributed by atoms with Crippen LogP contribution >= 0.6 is 0 Å². The lowest BCUT2D eigenvalue weighted by Gasteiger charge is -2.42. The summed E-state index contributed by atoms with van der Waals surface area (Å²) in [4.78, 5) is 29.3. The number of aryl methyl sites for hydroxylation is 1. The standard InChI is InChI=1S/C20H24N2O6S/c1-12-14-5-4-13(27-3)8-18(14)28-20(24)15(12)9-19(23)22-7-6-21(2)16-10-29(25,26)11-17(16)22/h4-5,8,16-17H,6-7,9-11H2,1-3H3/t16-,17+/m1/s1. The highest BCUT2D eigenvalue weighted by Gasteiger charge is 2.46. The van der Waals surface area contributed by atoms with Crippen molar-refractivity contribution in [2.45, 2.75) is 25.4 Å². The quantitative estimate of drug-likeness (QED) is 0.671. The largest absolute Gasteiger partial charge is 0.497 e. The second-order valence-electron chi connectivity index (χ2n) is 7.81. The van der Waals surface area contributed by atoms with Crippen molar-refractivity contribution in [3.8, 4) is 5.75 Å². The Hall–Kier alpha value is -2.39. The molecule has 0 radical (unpaired) electrons. The number of hydrogen-bond donors (Lipinski definition) is 0. The molecule has 2 atom stereocenters. The van der Waals surface area contributed by atoms with E-state index in [9.17, 15) is 18.0 Å². The van der Waals surface area contributed by atoms with Gasteiger partial charge in [0.25, 0.3) is 0 Å². The molecule has 8 nitrogen and oxygen atoms in total. The molecule has 0 N–H and O–H groups in total. The van der Waals surface area contributed by atoms with E-state index in [1.807, 2.05) is 11.9 Å². The van der Waals surface area contributed by atoms with Crippen LogP contribution in [0.2, 0.25) is 0 Å². The highest BCUT2D eigenvalue weighted by Crippen LogP contribution is 2.28. The van der Waals surface area contributed by atoms with E-state index in [0.29, 0.717) is 35.5 Å². The molecule has 2 fully saturated rings. The first-order chi connectivity index (χ1) is 13.7. The molecule has 3 heterocycles. The van der Waals surface area contributed by atoms with Crippen molar-refractivity contribution in [1.29, 1.82) is 0 Å². The Balaban J connectivity index is 1.65. The average Bonchev–Trinajstić information content (AvgIpc) is 3.00. The molecule has 9 heteroatoms. The van der Waals surface area contributed by atoms with Gasteiger partial charge in [-0.05, 0) is 31.7 Å². The molecule has 29 heavy (non-hydrogen) atoms. The van der Waals surface area contributed by atoms with Crippen molar-refractivity contribution in [2.75, 3.05) is 38.8 Å². The molecule has 2 aliphatic rings. The smallest absolute Gasteiger partial charge is 0.340 e. The normalized spacial score (nSPS) is 23.9. The summed E-state index contributed by atoms with van der Waals surface area (Å²) < 4.78 is 34.9. The van der Waals surface area contributed by atoms with E-state index in [2.05, 4.69) is 0 Å². The van der Waals surface area contributed by atoms with Gasteiger partial charge >= 0.3 is 5.63 Å². The number of fused-ring (bicyclic) bond motifs is 2. The summed E-state index contributed by atoms with van der Waals surface area (Å²) in [5.74, 6) is 0.374. The molecule has 1 aromatic carbocycles. The van der Waals surface area contributed by atoms with E-state index in [1.165, 1.54) is 7.11 Å². The maximum Gasteiger partial charge on any atom is 0.340 e. The molecule has 0 saturated carbocycles. The van der Waals surface area contributed by atoms with Crippen LogP contribution in [-0.2, 0) is 21.1 Å². The number of piperazine rings is 1. The Bertz CT molecular complexity index is 1140. The first-order valence-corrected chi connectivity index (χ1v) is 11.3. The lowest BCUT2D eigenvalue weighted by molar-refractivity contribution is -0.135. The zero-order chi connectivity index (χ0) is 20.9. The Morgan fingerprint density at radius 1 is 1.24 bits per heavy atom. The van der Waals surface area contributed by atoms with Crippen LogP contribution in [0.4, 0.5) is 0 Å². The molecular weight excluding hydrogens is 396 g/mol. The highest BCUT2D eigenvalue weighted by atomic mass is 32.2. The molecular formula is C20H24N2O6S. The summed E-state index contributed by atoms with van der Waals surface area (Å²) in [5.41, 5.74) is 0.854. The van der Waals surface area contributed by atoms with Gasteiger partial charge in [0.15, 0.2) is 9.84 Å². The Morgan fingerprint density at radius 3 is 2.69 bits per heavy atom. The molecule has 2 saturated heterocycles. The van der Waals surface area contributed by atoms with Gasteiger partial charge in [0.1, 0.15) is 11.3 Å². The molecule has 0 unspecified atom stereocenters. The molecule has 0 aliphatic carbocycles. The van der Waals surface area contributed by atoms with Crippen molar-refractivity contribution in [2.24, 2.45) is 0 Å². The van der Waals surface area contributed by atoms with E-state index in [4.69, 9.17) is 9.15 Å². The van der Waals surface area contributed by atoms with Crippen molar-refractivity contribution >= 4 is 26.7 Å². The fourth-order valence-electron chi connectivity index (χ4n) is 4.39. The number of nitrogens with zero attached hydrogens (tertiary/aromatic N) is 2. The van der Waals surface area contributed by atoms with Gasteiger partial charge in [-0.1, -0.05) is 0 Å². The van der Waals surface area contributed by atoms with E-state index >= 15 is 0 Å². The maximum absolute atomic E-state index is 13.1. The SMILES string of the molecule is COc1ccc2c(C)c(CC(=O)N3CCN(C)[C@@H]4CS(=O)(=O)C[C@@H]43)c(=O)oc2c1. The predicted molar refractivity (Wildman–Crippen MR) is 108 cm³/mol. The van der Waals surface area contributed by atoms with Crippen molar-refractivity contribution in [1.82, 2.24) is 9.80 Å². The summed E-state index contributed by atoms with van der Waals surface area (Å²) in [6.45, 7) is 2.84. The number of carbonyl (C=O) groups excluding carboxylic acids is 1. The number of likely N-dealkylation sites (N-methyl/N-ethyl adjacent to an activating group) is 1. The average molecular weight is 420 g/mol. The second-order valence-corrected chi connectivity index (χ2v) is 9.97. The van der Waals surface area contributed by atoms with Gasteiger partial charge in [-0.25, -0.2) is 13.2 Å². The van der Waals surface area contributed by atoms with Crippen LogP contribution in [0.25, 0.3) is 11.0 Å². The number of amides is 1. The summed E-state index contributed by atoms with van der Waals surface area (Å²) in [6, 6.07) is 4.65. The van der Waals surface area contributed by atoms with Crippen LogP contribution in [-0.4, -0.2) is 75.0 Å². The molecule has 4 rings (SSSR count). The minimum absolute atomic E-state index is 0.0289. The van der Waals surface area contributed by atoms with Gasteiger partial charge in [0.05, 0.1) is 36.6 Å². The molecule has 1 amide bonds. The van der Waals surface area contributed by atoms with Crippen LogP contribution in [0.1, 0.15) is 11.1 Å². The molecule has 2 aliphatic heterocycles. The maximum atomic E-state index is 13.1. The molecule has 156 valence electrons. The lowest BCUT2D eigenvalue weighted by atomic mass is 10.0. The van der Waals surface area contributed by atoms with Gasteiger partial charge in [-0.15, -0.1) is 0 Å². The monoisotopic (exact) mass is 420 g/mol. The Labute approximate surface area is 169 Å². The van der Waals surface area contributed by atoms with Crippen LogP contribution in [0, 0.1) is 6.92 Å². The number of methoxy groups -OCH3 is 1. The van der Waals surface area contributed by atoms with Gasteiger partial charge in [0.2, 0.25) is 5.91 Å². The Kier molecular flexibility index (Phi) is 4.90. The summed E-state index contributed by atoms with van der Waals surface area (Å²) >= 11 is 0. The summed E-state index contributed by atoms with van der Waals surface area (Å²) in [5, 5.41) is 0.743. The van der Waals surface area contributed by atoms with Crippen LogP contribution in [0.5, 0.6) is 5.75 Å². The fourth-order valence-corrected chi connectivity index (χ4v) is 6.45. The third-order valence-electron chi connectivity index (χ3n) is 6.10. The third-order valence-corrected chi connectivity index (χ3v) is 7.80. The van der Waals surface area contributed by atoms with Crippen molar-refractivity contribution in [3.63, 3.8) is 0 Å². The third kappa shape index (κ3) is 3.53. The minimum atomic E-state index is -3.18. The summed E-state index contributed by atoms with van der Waals surface area (Å²) in [6.07, 6.45) is -0.108. The molecule has 0 spiro atoms. The van der Waals surface area contributed by atoms with Gasteiger partial charge < -0.3 is 14.1 Å². The van der Waals surface area contributed by atoms with E-state index < -0.39 is 15.5 Å². The van der Waals surface area contributed by atoms with Gasteiger partial charge in [-0.2, -0.15) is 0 Å². The highest BCUT2D eigenvalue weighted by molar-refractivity contribution is 7.91. The van der Waals surface area contributed by atoms with Crippen LogP contribution < -0.4 is 10.4 Å². The number of benzene rings is 1. The van der Waals surface area contributed by atoms with Crippen molar-refractivity contribution < 1.29 is 22.4 Å². The molecule has 0 bridgehead atoms. The topological polar surface area (TPSA) is 97.1 Å². The van der Waals surface area contributed by atoms with E-state index in [1.54, 1.807) is 30.0 Å². The lowest BCUT2D eigenvalue weighted by Crippen LogP contribution is -2.59. The van der Waals surface area contributed by atoms with Crippen molar-refractivity contribution in [3.05, 3.63) is 39.7 Å². The first kappa shape index (κ1) is 19.9. The number of carbonyl (C=O) groups is 1. The van der Waals surface area contributed by atoms with Gasteiger partial charge in [-0.3, -0.25) is 9.69 Å². The number of sulfone groups is 1. The number of hydrogen-bond acceptors (Lipinski definition) is 7. The number of rotatable bonds is 3. The van der Waals surface area contributed by atoms with E-state index in [0.717, 1.165) is 5.39 Å². The second kappa shape index (κ2) is 7.14. The Morgan fingerprint density at radius 2 is 1.97 bits per heavy atom. The number of ether oxygens (including phenoxy) is 1. The summed E-state index contributed by atoms with van der Waals surface area (Å²) in [7, 11) is 0.239. The molecule has 2 aromatic rings. The minimum Gasteiger partial charge on any atom is -0.497 e. The zero-order valence-electron chi connectivity index (χ0n) is 16.7. The van der Waals surface area contributed by atoms with Crippen LogP contribution in [0.15, 0.2) is 27.4 Å².